The van der Waals surface area contributed by atoms with Gasteiger partial charge in [-0.25, -0.2) is 0 Å². The molecule has 0 aliphatic heterocycles. The first-order chi connectivity index (χ1) is 13.6. The van der Waals surface area contributed by atoms with Gasteiger partial charge in [-0.3, -0.25) is 4.79 Å². The maximum absolute atomic E-state index is 12.6. The normalized spacial score (nSPS) is 12.6. The summed E-state index contributed by atoms with van der Waals surface area (Å²) in [4.78, 5) is 12.6. The Balaban J connectivity index is 1.71. The lowest BCUT2D eigenvalue weighted by Gasteiger charge is -2.19. The third-order valence-corrected chi connectivity index (χ3v) is 5.92. The molecule has 0 aliphatic carbocycles. The molecular formula is C23H28N4OS. The number of rotatable bonds is 5. The fraction of sp³-hybridized carbons (Fsp3) is 0.348. The standard InChI is InChI=1S/C23H28N4OS/c1-15-8-7-9-19(14-15)24-21(28)16(2)29-22-26-25-20(27(22)6)17-10-12-18(13-11-17)23(3,4)5/h7-14,16H,1-6H3,(H,24,28)/t16-/m1/s1. The van der Waals surface area contributed by atoms with E-state index in [0.29, 0.717) is 5.16 Å². The van der Waals surface area contributed by atoms with Gasteiger partial charge in [-0.15, -0.1) is 10.2 Å². The molecule has 0 saturated heterocycles. The first kappa shape index (κ1) is 21.1. The van der Waals surface area contributed by atoms with Gasteiger partial charge in [0.2, 0.25) is 5.91 Å². The van der Waals surface area contributed by atoms with Crippen LogP contribution in [-0.4, -0.2) is 25.9 Å². The molecule has 29 heavy (non-hydrogen) atoms. The summed E-state index contributed by atoms with van der Waals surface area (Å²) < 4.78 is 1.94. The summed E-state index contributed by atoms with van der Waals surface area (Å²) in [6.07, 6.45) is 0. The molecule has 3 rings (SSSR count). The molecule has 0 radical (unpaired) electrons. The molecular weight excluding hydrogens is 380 g/mol. The lowest BCUT2D eigenvalue weighted by Crippen LogP contribution is -2.22. The van der Waals surface area contributed by atoms with E-state index in [4.69, 9.17) is 0 Å². The molecule has 5 nitrogen and oxygen atoms in total. The molecule has 1 amide bonds. The molecule has 152 valence electrons. The van der Waals surface area contributed by atoms with Crippen LogP contribution in [0.2, 0.25) is 0 Å². The van der Waals surface area contributed by atoms with Gasteiger partial charge in [0.25, 0.3) is 0 Å². The zero-order valence-electron chi connectivity index (χ0n) is 17.9. The van der Waals surface area contributed by atoms with Gasteiger partial charge in [0, 0.05) is 18.3 Å². The lowest BCUT2D eigenvalue weighted by molar-refractivity contribution is -0.115. The second-order valence-corrected chi connectivity index (χ2v) is 9.62. The number of benzene rings is 2. The Bertz CT molecular complexity index is 1000. The molecule has 2 aromatic carbocycles. The molecule has 1 aromatic heterocycles. The van der Waals surface area contributed by atoms with E-state index in [1.54, 1.807) is 0 Å². The zero-order valence-corrected chi connectivity index (χ0v) is 18.7. The quantitative estimate of drug-likeness (QED) is 0.589. The molecule has 0 saturated carbocycles. The second kappa shape index (κ2) is 8.41. The summed E-state index contributed by atoms with van der Waals surface area (Å²) in [5.41, 5.74) is 4.31. The monoisotopic (exact) mass is 408 g/mol. The second-order valence-electron chi connectivity index (χ2n) is 8.31. The number of thioether (sulfide) groups is 1. The predicted molar refractivity (Wildman–Crippen MR) is 120 cm³/mol. The molecule has 0 unspecified atom stereocenters. The van der Waals surface area contributed by atoms with Crippen LogP contribution in [0, 0.1) is 6.92 Å². The third-order valence-electron chi connectivity index (χ3n) is 4.78. The highest BCUT2D eigenvalue weighted by molar-refractivity contribution is 8.00. The van der Waals surface area contributed by atoms with E-state index in [9.17, 15) is 4.79 Å². The minimum atomic E-state index is -0.297. The van der Waals surface area contributed by atoms with E-state index in [-0.39, 0.29) is 16.6 Å². The van der Waals surface area contributed by atoms with E-state index < -0.39 is 0 Å². The van der Waals surface area contributed by atoms with Crippen LogP contribution in [0.25, 0.3) is 11.4 Å². The molecule has 0 spiro atoms. The van der Waals surface area contributed by atoms with Crippen molar-refractivity contribution in [2.45, 2.75) is 50.4 Å². The average Bonchev–Trinajstić information content (AvgIpc) is 3.01. The van der Waals surface area contributed by atoms with Gasteiger partial charge in [0.1, 0.15) is 0 Å². The Morgan fingerprint density at radius 1 is 1.10 bits per heavy atom. The Morgan fingerprint density at radius 2 is 1.79 bits per heavy atom. The molecule has 0 fully saturated rings. The SMILES string of the molecule is Cc1cccc(NC(=O)[C@@H](C)Sc2nnc(-c3ccc(C(C)(C)C)cc3)n2C)c1. The maximum atomic E-state index is 12.6. The first-order valence-electron chi connectivity index (χ1n) is 9.69. The summed E-state index contributed by atoms with van der Waals surface area (Å²) in [5.74, 6) is 0.735. The van der Waals surface area contributed by atoms with Crippen molar-refractivity contribution < 1.29 is 4.79 Å². The van der Waals surface area contributed by atoms with Crippen molar-refractivity contribution in [3.05, 3.63) is 59.7 Å². The number of nitrogens with zero attached hydrogens (tertiary/aromatic N) is 3. The van der Waals surface area contributed by atoms with Gasteiger partial charge < -0.3 is 9.88 Å². The highest BCUT2D eigenvalue weighted by Gasteiger charge is 2.20. The Hall–Kier alpha value is -2.60. The van der Waals surface area contributed by atoms with Crippen LogP contribution in [0.3, 0.4) is 0 Å². The van der Waals surface area contributed by atoms with Crippen LogP contribution in [0.15, 0.2) is 53.7 Å². The van der Waals surface area contributed by atoms with E-state index in [1.807, 2.05) is 49.7 Å². The van der Waals surface area contributed by atoms with Crippen LogP contribution < -0.4 is 5.32 Å². The highest BCUT2D eigenvalue weighted by atomic mass is 32.2. The van der Waals surface area contributed by atoms with Crippen molar-refractivity contribution in [3.8, 4) is 11.4 Å². The van der Waals surface area contributed by atoms with Crippen LogP contribution in [0.5, 0.6) is 0 Å². The first-order valence-corrected chi connectivity index (χ1v) is 10.6. The number of amides is 1. The fourth-order valence-electron chi connectivity index (χ4n) is 2.97. The van der Waals surface area contributed by atoms with Gasteiger partial charge in [-0.2, -0.15) is 0 Å². The topological polar surface area (TPSA) is 59.8 Å². The molecule has 3 aromatic rings. The molecule has 6 heteroatoms. The minimum Gasteiger partial charge on any atom is -0.325 e. The van der Waals surface area contributed by atoms with E-state index >= 15 is 0 Å². The van der Waals surface area contributed by atoms with Crippen molar-refractivity contribution in [2.75, 3.05) is 5.32 Å². The van der Waals surface area contributed by atoms with Gasteiger partial charge in [0.05, 0.1) is 5.25 Å². The number of carbonyl (C=O) groups excluding carboxylic acids is 1. The zero-order chi connectivity index (χ0) is 21.2. The Kier molecular flexibility index (Phi) is 6.13. The van der Waals surface area contributed by atoms with Crippen molar-refractivity contribution in [1.29, 1.82) is 0 Å². The summed E-state index contributed by atoms with van der Waals surface area (Å²) in [6.45, 7) is 10.5. The van der Waals surface area contributed by atoms with Crippen molar-refractivity contribution in [3.63, 3.8) is 0 Å². The minimum absolute atomic E-state index is 0.0559. The summed E-state index contributed by atoms with van der Waals surface area (Å²) in [5, 5.41) is 12.0. The van der Waals surface area contributed by atoms with Gasteiger partial charge in [-0.05, 0) is 42.5 Å². The molecule has 0 aliphatic rings. The maximum Gasteiger partial charge on any atom is 0.237 e. The van der Waals surface area contributed by atoms with Crippen LogP contribution >= 0.6 is 11.8 Å². The molecule has 1 N–H and O–H groups in total. The number of hydrogen-bond donors (Lipinski definition) is 1. The van der Waals surface area contributed by atoms with Crippen molar-refractivity contribution in [1.82, 2.24) is 14.8 Å². The average molecular weight is 409 g/mol. The Labute approximate surface area is 176 Å². The highest BCUT2D eigenvalue weighted by Crippen LogP contribution is 2.28. The molecule has 1 heterocycles. The number of nitrogens with one attached hydrogen (secondary N) is 1. The summed E-state index contributed by atoms with van der Waals surface area (Å²) in [7, 11) is 1.93. The van der Waals surface area contributed by atoms with Crippen LogP contribution in [-0.2, 0) is 17.3 Å². The number of aromatic nitrogens is 3. The van der Waals surface area contributed by atoms with E-state index in [1.165, 1.54) is 17.3 Å². The van der Waals surface area contributed by atoms with Crippen LogP contribution in [0.1, 0.15) is 38.8 Å². The smallest absolute Gasteiger partial charge is 0.237 e. The third kappa shape index (κ3) is 5.07. The molecule has 0 bridgehead atoms. The lowest BCUT2D eigenvalue weighted by atomic mass is 9.87. The van der Waals surface area contributed by atoms with Crippen molar-refractivity contribution in [2.24, 2.45) is 7.05 Å². The Morgan fingerprint density at radius 3 is 2.41 bits per heavy atom. The van der Waals surface area contributed by atoms with Gasteiger partial charge in [0.15, 0.2) is 11.0 Å². The number of hydrogen-bond acceptors (Lipinski definition) is 4. The van der Waals surface area contributed by atoms with Gasteiger partial charge >= 0.3 is 0 Å². The number of anilines is 1. The molecule has 1 atom stereocenters. The van der Waals surface area contributed by atoms with E-state index in [0.717, 1.165) is 22.6 Å². The van der Waals surface area contributed by atoms with E-state index in [2.05, 4.69) is 60.6 Å². The number of carbonyl (C=O) groups is 1. The fourth-order valence-corrected chi connectivity index (χ4v) is 3.78. The van der Waals surface area contributed by atoms with Crippen molar-refractivity contribution >= 4 is 23.4 Å². The largest absolute Gasteiger partial charge is 0.325 e. The van der Waals surface area contributed by atoms with Gasteiger partial charge in [-0.1, -0.05) is 68.9 Å². The summed E-state index contributed by atoms with van der Waals surface area (Å²) in [6, 6.07) is 16.2. The summed E-state index contributed by atoms with van der Waals surface area (Å²) >= 11 is 1.40. The number of aryl methyl sites for hydroxylation is 1. The predicted octanol–water partition coefficient (Wildman–Crippen LogP) is 5.21. The van der Waals surface area contributed by atoms with Crippen LogP contribution in [0.4, 0.5) is 5.69 Å².